The quantitative estimate of drug-likeness (QED) is 0.564. The smallest absolute Gasteiger partial charge is 0.107 e. The lowest BCUT2D eigenvalue weighted by molar-refractivity contribution is 0.0192. The van der Waals surface area contributed by atoms with Crippen LogP contribution in [0.25, 0.3) is 0 Å². The maximum absolute atomic E-state index is 10.1. The molecule has 0 aliphatic carbocycles. The van der Waals surface area contributed by atoms with Crippen LogP contribution >= 0.6 is 0 Å². The second-order valence-electron chi connectivity index (χ2n) is 2.36. The predicted octanol–water partition coefficient (Wildman–Crippen LogP) is -0.169. The molecule has 0 aromatic rings. The highest BCUT2D eigenvalue weighted by Crippen LogP contribution is 2.12. The van der Waals surface area contributed by atoms with Gasteiger partial charge in [-0.05, 0) is 12.8 Å². The fourth-order valence-corrected chi connectivity index (χ4v) is 1.19. The van der Waals surface area contributed by atoms with Crippen molar-refractivity contribution in [3.05, 3.63) is 0 Å². The molecule has 9 heavy (non-hydrogen) atoms. The number of aliphatic hydroxyl groups excluding tert-OH is 1. The highest BCUT2D eigenvalue weighted by Gasteiger charge is 2.20. The average Bonchev–Trinajstić information content (AvgIpc) is 2.18. The Morgan fingerprint density at radius 1 is 1.67 bits per heavy atom. The van der Waals surface area contributed by atoms with Crippen LogP contribution in [0.15, 0.2) is 0 Å². The minimum absolute atomic E-state index is 0.100. The van der Waals surface area contributed by atoms with E-state index in [0.29, 0.717) is 6.54 Å². The van der Waals surface area contributed by atoms with Gasteiger partial charge in [0.1, 0.15) is 6.23 Å². The Hall–Kier alpha value is -0.120. The molecule has 1 saturated heterocycles. The first-order valence-electron chi connectivity index (χ1n) is 3.35. The number of aliphatic hydroxyl groups is 1. The standard InChI is InChI=1S/C6H12NO2/c8-5-4-7-3-1-2-6(7)9/h6,9H,1-5H2. The van der Waals surface area contributed by atoms with Crippen LogP contribution in [0, 0.1) is 0 Å². The van der Waals surface area contributed by atoms with Crippen molar-refractivity contribution in [2.45, 2.75) is 19.1 Å². The molecule has 3 heteroatoms. The van der Waals surface area contributed by atoms with Crippen LogP contribution in [0.1, 0.15) is 12.8 Å². The second kappa shape index (κ2) is 3.15. The molecule has 1 unspecified atom stereocenters. The first kappa shape index (κ1) is 6.99. The van der Waals surface area contributed by atoms with E-state index < -0.39 is 0 Å². The van der Waals surface area contributed by atoms with E-state index in [4.69, 9.17) is 5.11 Å². The van der Waals surface area contributed by atoms with E-state index in [2.05, 4.69) is 0 Å². The van der Waals surface area contributed by atoms with Gasteiger partial charge < -0.3 is 5.11 Å². The largest absolute Gasteiger partial charge is 0.378 e. The Balaban J connectivity index is 2.22. The number of nitrogens with zero attached hydrogens (tertiary/aromatic N) is 1. The van der Waals surface area contributed by atoms with Crippen molar-refractivity contribution in [3.63, 3.8) is 0 Å². The lowest BCUT2D eigenvalue weighted by Crippen LogP contribution is -2.31. The van der Waals surface area contributed by atoms with E-state index in [9.17, 15) is 5.11 Å². The van der Waals surface area contributed by atoms with E-state index in [1.165, 1.54) is 0 Å². The van der Waals surface area contributed by atoms with Crippen molar-refractivity contribution >= 4 is 0 Å². The van der Waals surface area contributed by atoms with Crippen LogP contribution in [0.3, 0.4) is 0 Å². The molecule has 1 radical (unpaired) electrons. The Labute approximate surface area is 54.9 Å². The Morgan fingerprint density at radius 2 is 2.44 bits per heavy atom. The van der Waals surface area contributed by atoms with Crippen LogP contribution in [-0.2, 0) is 5.11 Å². The molecule has 0 amide bonds. The van der Waals surface area contributed by atoms with Crippen molar-refractivity contribution in [1.82, 2.24) is 4.90 Å². The SMILES string of the molecule is [O]CCN1CCCC1O. The van der Waals surface area contributed by atoms with Gasteiger partial charge in [-0.2, -0.15) is 0 Å². The minimum atomic E-state index is -0.334. The molecule has 0 saturated carbocycles. The van der Waals surface area contributed by atoms with Gasteiger partial charge in [0.2, 0.25) is 0 Å². The molecule has 1 aliphatic rings. The average molecular weight is 130 g/mol. The summed E-state index contributed by atoms with van der Waals surface area (Å²) in [6.45, 7) is 1.29. The number of hydrogen-bond acceptors (Lipinski definition) is 2. The zero-order valence-electron chi connectivity index (χ0n) is 5.42. The summed E-state index contributed by atoms with van der Waals surface area (Å²) in [5, 5.41) is 19.2. The normalized spacial score (nSPS) is 29.3. The highest BCUT2D eigenvalue weighted by atomic mass is 16.3. The van der Waals surface area contributed by atoms with Crippen molar-refractivity contribution in [1.29, 1.82) is 0 Å². The molecule has 1 heterocycles. The van der Waals surface area contributed by atoms with Gasteiger partial charge in [-0.25, -0.2) is 5.11 Å². The molecule has 0 aromatic carbocycles. The topological polar surface area (TPSA) is 43.4 Å². The predicted molar refractivity (Wildman–Crippen MR) is 32.4 cm³/mol. The summed E-state index contributed by atoms with van der Waals surface area (Å²) >= 11 is 0. The lowest BCUT2D eigenvalue weighted by atomic mass is 10.4. The fourth-order valence-electron chi connectivity index (χ4n) is 1.19. The molecular formula is C6H12NO2. The van der Waals surface area contributed by atoms with Gasteiger partial charge in [0.05, 0.1) is 6.61 Å². The molecule has 3 nitrogen and oxygen atoms in total. The summed E-state index contributed by atoms with van der Waals surface area (Å²) in [5.41, 5.74) is 0. The van der Waals surface area contributed by atoms with Crippen LogP contribution < -0.4 is 0 Å². The third-order valence-corrected chi connectivity index (χ3v) is 1.71. The number of hydrogen-bond donors (Lipinski definition) is 1. The van der Waals surface area contributed by atoms with E-state index in [0.717, 1.165) is 19.4 Å². The van der Waals surface area contributed by atoms with Crippen LogP contribution in [0.4, 0.5) is 0 Å². The summed E-state index contributed by atoms with van der Waals surface area (Å²) in [7, 11) is 0. The zero-order valence-corrected chi connectivity index (χ0v) is 5.42. The molecule has 53 valence electrons. The fraction of sp³-hybridized carbons (Fsp3) is 1.00. The lowest BCUT2D eigenvalue weighted by Gasteiger charge is -2.16. The maximum Gasteiger partial charge on any atom is 0.107 e. The summed E-state index contributed by atoms with van der Waals surface area (Å²) in [5.74, 6) is 0. The molecule has 1 rings (SSSR count). The van der Waals surface area contributed by atoms with Gasteiger partial charge in [-0.3, -0.25) is 4.90 Å². The highest BCUT2D eigenvalue weighted by molar-refractivity contribution is 4.69. The summed E-state index contributed by atoms with van der Waals surface area (Å²) in [4.78, 5) is 1.83. The molecule has 1 atom stereocenters. The van der Waals surface area contributed by atoms with Crippen molar-refractivity contribution in [3.8, 4) is 0 Å². The van der Waals surface area contributed by atoms with Crippen molar-refractivity contribution in [2.24, 2.45) is 0 Å². The third kappa shape index (κ3) is 1.64. The molecular weight excluding hydrogens is 118 g/mol. The van der Waals surface area contributed by atoms with Gasteiger partial charge in [0, 0.05) is 13.1 Å². The van der Waals surface area contributed by atoms with Crippen molar-refractivity contribution in [2.75, 3.05) is 19.7 Å². The first-order valence-corrected chi connectivity index (χ1v) is 3.35. The van der Waals surface area contributed by atoms with Gasteiger partial charge in [-0.15, -0.1) is 0 Å². The molecule has 0 aromatic heterocycles. The van der Waals surface area contributed by atoms with E-state index in [-0.39, 0.29) is 12.8 Å². The number of likely N-dealkylation sites (tertiary alicyclic amines) is 1. The first-order chi connectivity index (χ1) is 4.34. The number of rotatable bonds is 2. The molecule has 1 N–H and O–H groups in total. The van der Waals surface area contributed by atoms with Crippen LogP contribution in [0.5, 0.6) is 0 Å². The van der Waals surface area contributed by atoms with E-state index in [1.54, 1.807) is 0 Å². The van der Waals surface area contributed by atoms with Gasteiger partial charge in [0.15, 0.2) is 0 Å². The monoisotopic (exact) mass is 130 g/mol. The Bertz CT molecular complexity index is 87.1. The summed E-state index contributed by atoms with van der Waals surface area (Å²) in [6.07, 6.45) is 1.53. The van der Waals surface area contributed by atoms with Gasteiger partial charge in [0.25, 0.3) is 0 Å². The van der Waals surface area contributed by atoms with Gasteiger partial charge in [-0.1, -0.05) is 0 Å². The van der Waals surface area contributed by atoms with Crippen LogP contribution in [0.2, 0.25) is 0 Å². The third-order valence-electron chi connectivity index (χ3n) is 1.71. The Kier molecular flexibility index (Phi) is 2.45. The van der Waals surface area contributed by atoms with Crippen LogP contribution in [-0.4, -0.2) is 35.9 Å². The van der Waals surface area contributed by atoms with Gasteiger partial charge >= 0.3 is 0 Å². The van der Waals surface area contributed by atoms with Crippen molar-refractivity contribution < 1.29 is 10.2 Å². The summed E-state index contributed by atoms with van der Waals surface area (Å²) in [6, 6.07) is 0. The maximum atomic E-state index is 10.1. The summed E-state index contributed by atoms with van der Waals surface area (Å²) < 4.78 is 0. The molecule has 1 aliphatic heterocycles. The second-order valence-corrected chi connectivity index (χ2v) is 2.36. The van der Waals surface area contributed by atoms with E-state index >= 15 is 0 Å². The molecule has 1 fully saturated rings. The minimum Gasteiger partial charge on any atom is -0.378 e. The zero-order chi connectivity index (χ0) is 6.69. The molecule has 0 spiro atoms. The van der Waals surface area contributed by atoms with E-state index in [1.807, 2.05) is 4.90 Å². The molecule has 0 bridgehead atoms. The Morgan fingerprint density at radius 3 is 2.89 bits per heavy atom.